The number of benzene rings is 1. The lowest BCUT2D eigenvalue weighted by Crippen LogP contribution is -2.42. The number of rotatable bonds is 4. The zero-order valence-corrected chi connectivity index (χ0v) is 12.7. The Morgan fingerprint density at radius 2 is 1.95 bits per heavy atom. The molecular weight excluding hydrogens is 271 g/mol. The SMILES string of the molecule is COc1ccc(F)c(NC(C)C(=O)N2CCCCCC2)c1. The monoisotopic (exact) mass is 294 g/mol. The van der Waals surface area contributed by atoms with E-state index in [1.807, 2.05) is 4.90 Å². The van der Waals surface area contributed by atoms with Gasteiger partial charge in [0.15, 0.2) is 0 Å². The molecule has 0 aromatic heterocycles. The first-order valence-electron chi connectivity index (χ1n) is 7.50. The van der Waals surface area contributed by atoms with Crippen molar-refractivity contribution in [3.05, 3.63) is 24.0 Å². The van der Waals surface area contributed by atoms with E-state index < -0.39 is 6.04 Å². The molecule has 0 aliphatic carbocycles. The maximum Gasteiger partial charge on any atom is 0.244 e. The molecule has 1 heterocycles. The van der Waals surface area contributed by atoms with Gasteiger partial charge in [0.2, 0.25) is 5.91 Å². The van der Waals surface area contributed by atoms with Gasteiger partial charge in [0.1, 0.15) is 17.6 Å². The molecule has 1 saturated heterocycles. The highest BCUT2D eigenvalue weighted by atomic mass is 19.1. The van der Waals surface area contributed by atoms with E-state index in [4.69, 9.17) is 4.74 Å². The summed E-state index contributed by atoms with van der Waals surface area (Å²) in [6.07, 6.45) is 4.45. The van der Waals surface area contributed by atoms with Gasteiger partial charge < -0.3 is 15.0 Å². The minimum atomic E-state index is -0.454. The number of nitrogens with one attached hydrogen (secondary N) is 1. The van der Waals surface area contributed by atoms with Gasteiger partial charge in [0.05, 0.1) is 12.8 Å². The first-order valence-corrected chi connectivity index (χ1v) is 7.50. The molecule has 1 aliphatic heterocycles. The Morgan fingerprint density at radius 3 is 2.57 bits per heavy atom. The van der Waals surface area contributed by atoms with Crippen LogP contribution in [0.15, 0.2) is 18.2 Å². The van der Waals surface area contributed by atoms with Crippen LogP contribution in [0.1, 0.15) is 32.6 Å². The molecule has 1 fully saturated rings. The van der Waals surface area contributed by atoms with Gasteiger partial charge in [-0.05, 0) is 31.9 Å². The van der Waals surface area contributed by atoms with E-state index >= 15 is 0 Å². The normalized spacial score (nSPS) is 17.0. The van der Waals surface area contributed by atoms with Crippen molar-refractivity contribution < 1.29 is 13.9 Å². The summed E-state index contributed by atoms with van der Waals surface area (Å²) in [7, 11) is 1.53. The van der Waals surface area contributed by atoms with Crippen LogP contribution in [0.25, 0.3) is 0 Å². The van der Waals surface area contributed by atoms with Crippen LogP contribution in [-0.2, 0) is 4.79 Å². The fourth-order valence-electron chi connectivity index (χ4n) is 2.60. The number of halogens is 1. The summed E-state index contributed by atoms with van der Waals surface area (Å²) in [5, 5.41) is 2.96. The molecule has 1 aromatic rings. The molecule has 116 valence electrons. The van der Waals surface area contributed by atoms with Crippen LogP contribution in [0.3, 0.4) is 0 Å². The first-order chi connectivity index (χ1) is 10.1. The maximum atomic E-state index is 13.8. The van der Waals surface area contributed by atoms with Crippen molar-refractivity contribution >= 4 is 11.6 Å². The summed E-state index contributed by atoms with van der Waals surface area (Å²) in [6, 6.07) is 4.01. The van der Waals surface area contributed by atoms with Crippen LogP contribution in [0.5, 0.6) is 5.75 Å². The molecule has 1 atom stereocenters. The molecule has 1 aliphatic rings. The minimum Gasteiger partial charge on any atom is -0.497 e. The lowest BCUT2D eigenvalue weighted by Gasteiger charge is -2.25. The fourth-order valence-corrected chi connectivity index (χ4v) is 2.60. The largest absolute Gasteiger partial charge is 0.497 e. The average molecular weight is 294 g/mol. The topological polar surface area (TPSA) is 41.6 Å². The maximum absolute atomic E-state index is 13.8. The molecule has 5 heteroatoms. The van der Waals surface area contributed by atoms with Crippen molar-refractivity contribution in [2.24, 2.45) is 0 Å². The molecule has 0 saturated carbocycles. The predicted molar refractivity (Wildman–Crippen MR) is 81.1 cm³/mol. The average Bonchev–Trinajstić information content (AvgIpc) is 2.77. The second-order valence-corrected chi connectivity index (χ2v) is 5.45. The van der Waals surface area contributed by atoms with Crippen molar-refractivity contribution in [1.82, 2.24) is 4.90 Å². The summed E-state index contributed by atoms with van der Waals surface area (Å²) in [4.78, 5) is 14.3. The second kappa shape index (κ2) is 7.29. The van der Waals surface area contributed by atoms with Crippen LogP contribution in [0.4, 0.5) is 10.1 Å². The van der Waals surface area contributed by atoms with Gasteiger partial charge in [-0.2, -0.15) is 0 Å². The molecule has 1 amide bonds. The van der Waals surface area contributed by atoms with Crippen LogP contribution in [0.2, 0.25) is 0 Å². The molecular formula is C16H23FN2O2. The Hall–Kier alpha value is -1.78. The van der Waals surface area contributed by atoms with Crippen molar-refractivity contribution in [1.29, 1.82) is 0 Å². The first kappa shape index (κ1) is 15.6. The van der Waals surface area contributed by atoms with Gasteiger partial charge in [-0.25, -0.2) is 4.39 Å². The van der Waals surface area contributed by atoms with Gasteiger partial charge in [-0.15, -0.1) is 0 Å². The molecule has 2 rings (SSSR count). The highest BCUT2D eigenvalue weighted by Gasteiger charge is 2.22. The molecule has 0 spiro atoms. The predicted octanol–water partition coefficient (Wildman–Crippen LogP) is 3.04. The Balaban J connectivity index is 2.02. The van der Waals surface area contributed by atoms with Gasteiger partial charge >= 0.3 is 0 Å². The van der Waals surface area contributed by atoms with Crippen LogP contribution >= 0.6 is 0 Å². The summed E-state index contributed by atoms with van der Waals surface area (Å²) in [5.41, 5.74) is 0.296. The number of hydrogen-bond acceptors (Lipinski definition) is 3. The number of amides is 1. The summed E-state index contributed by atoms with van der Waals surface area (Å²) in [6.45, 7) is 3.36. The Kier molecular flexibility index (Phi) is 5.42. The Labute approximate surface area is 125 Å². The standard InChI is InChI=1S/C16H23FN2O2/c1-12(16(20)19-9-5-3-4-6-10-19)18-15-11-13(21-2)7-8-14(15)17/h7-8,11-12,18H,3-6,9-10H2,1-2H3. The van der Waals surface area contributed by atoms with Crippen LogP contribution < -0.4 is 10.1 Å². The highest BCUT2D eigenvalue weighted by Crippen LogP contribution is 2.22. The molecule has 1 aromatic carbocycles. The molecule has 4 nitrogen and oxygen atoms in total. The van der Waals surface area contributed by atoms with Crippen molar-refractivity contribution in [2.75, 3.05) is 25.5 Å². The zero-order chi connectivity index (χ0) is 15.2. The molecule has 0 radical (unpaired) electrons. The van der Waals surface area contributed by atoms with E-state index in [0.29, 0.717) is 11.4 Å². The third-order valence-electron chi connectivity index (χ3n) is 3.83. The van der Waals surface area contributed by atoms with Gasteiger partial charge in [0.25, 0.3) is 0 Å². The van der Waals surface area contributed by atoms with E-state index in [1.54, 1.807) is 19.1 Å². The smallest absolute Gasteiger partial charge is 0.244 e. The quantitative estimate of drug-likeness (QED) is 0.928. The molecule has 1 N–H and O–H groups in total. The number of nitrogens with zero attached hydrogens (tertiary/aromatic N) is 1. The van der Waals surface area contributed by atoms with E-state index in [-0.39, 0.29) is 11.7 Å². The van der Waals surface area contributed by atoms with E-state index in [9.17, 15) is 9.18 Å². The van der Waals surface area contributed by atoms with E-state index in [0.717, 1.165) is 25.9 Å². The Bertz CT molecular complexity index is 485. The minimum absolute atomic E-state index is 0.0270. The molecule has 1 unspecified atom stereocenters. The number of ether oxygens (including phenoxy) is 1. The third-order valence-corrected chi connectivity index (χ3v) is 3.83. The lowest BCUT2D eigenvalue weighted by atomic mass is 10.2. The van der Waals surface area contributed by atoms with Crippen LogP contribution in [-0.4, -0.2) is 37.0 Å². The summed E-state index contributed by atoms with van der Waals surface area (Å²) < 4.78 is 18.9. The lowest BCUT2D eigenvalue weighted by molar-refractivity contribution is -0.131. The van der Waals surface area contributed by atoms with Gasteiger partial charge in [-0.1, -0.05) is 12.8 Å². The third kappa shape index (κ3) is 4.09. The second-order valence-electron chi connectivity index (χ2n) is 5.45. The number of likely N-dealkylation sites (tertiary alicyclic amines) is 1. The number of hydrogen-bond donors (Lipinski definition) is 1. The van der Waals surface area contributed by atoms with Crippen molar-refractivity contribution in [3.63, 3.8) is 0 Å². The highest BCUT2D eigenvalue weighted by molar-refractivity contribution is 5.84. The van der Waals surface area contributed by atoms with E-state index in [2.05, 4.69) is 5.32 Å². The number of carbonyl (C=O) groups is 1. The number of anilines is 1. The summed E-state index contributed by atoms with van der Waals surface area (Å²) in [5.74, 6) is 0.207. The summed E-state index contributed by atoms with van der Waals surface area (Å²) >= 11 is 0. The fraction of sp³-hybridized carbons (Fsp3) is 0.562. The van der Waals surface area contributed by atoms with Gasteiger partial charge in [-0.3, -0.25) is 4.79 Å². The Morgan fingerprint density at radius 1 is 1.29 bits per heavy atom. The van der Waals surface area contributed by atoms with Gasteiger partial charge in [0, 0.05) is 19.2 Å². The van der Waals surface area contributed by atoms with E-state index in [1.165, 1.54) is 26.0 Å². The number of carbonyl (C=O) groups excluding carboxylic acids is 1. The van der Waals surface area contributed by atoms with Crippen LogP contribution in [0, 0.1) is 5.82 Å². The molecule has 0 bridgehead atoms. The molecule has 21 heavy (non-hydrogen) atoms. The van der Waals surface area contributed by atoms with Crippen molar-refractivity contribution in [3.8, 4) is 5.75 Å². The zero-order valence-electron chi connectivity index (χ0n) is 12.7. The number of methoxy groups -OCH3 is 1. The van der Waals surface area contributed by atoms with Crippen molar-refractivity contribution in [2.45, 2.75) is 38.6 Å².